The molecule has 0 bridgehead atoms. The molecule has 0 aliphatic carbocycles. The zero-order valence-corrected chi connectivity index (χ0v) is 16.0. The molecule has 0 radical (unpaired) electrons. The Morgan fingerprint density at radius 3 is 2.58 bits per heavy atom. The van der Waals surface area contributed by atoms with Crippen LogP contribution in [0.5, 0.6) is 0 Å². The number of benzene rings is 1. The van der Waals surface area contributed by atoms with Crippen molar-refractivity contribution in [1.82, 2.24) is 15.1 Å². The van der Waals surface area contributed by atoms with E-state index in [9.17, 15) is 9.59 Å². The van der Waals surface area contributed by atoms with Crippen molar-refractivity contribution >= 4 is 33.4 Å². The normalized spacial score (nSPS) is 11.5. The van der Waals surface area contributed by atoms with Crippen LogP contribution in [0.3, 0.4) is 0 Å². The summed E-state index contributed by atoms with van der Waals surface area (Å²) in [6.45, 7) is 7.22. The molecule has 1 N–H and O–H groups in total. The van der Waals surface area contributed by atoms with E-state index in [2.05, 4.69) is 10.4 Å². The van der Waals surface area contributed by atoms with Gasteiger partial charge in [0.15, 0.2) is 6.61 Å². The number of carbonyl (C=O) groups is 2. The number of aromatic nitrogens is 2. The zero-order valence-electron chi connectivity index (χ0n) is 15.2. The molecule has 0 saturated carbocycles. The fraction of sp³-hybridized carbons (Fsp3) is 0.316. The molecule has 0 atom stereocenters. The van der Waals surface area contributed by atoms with Crippen LogP contribution in [0, 0.1) is 6.92 Å². The Kier molecular flexibility index (Phi) is 4.82. The minimum absolute atomic E-state index is 0.297. The van der Waals surface area contributed by atoms with Crippen molar-refractivity contribution in [3.8, 4) is 5.69 Å². The molecule has 136 valence electrons. The lowest BCUT2D eigenvalue weighted by molar-refractivity contribution is -0.125. The van der Waals surface area contributed by atoms with Crippen LogP contribution in [-0.2, 0) is 9.53 Å². The Bertz CT molecular complexity index is 952. The maximum Gasteiger partial charge on any atom is 0.348 e. The minimum atomic E-state index is -0.505. The van der Waals surface area contributed by atoms with E-state index in [1.807, 2.05) is 62.7 Å². The summed E-state index contributed by atoms with van der Waals surface area (Å²) in [5.41, 5.74) is 1.40. The number of hydrogen-bond donors (Lipinski definition) is 1. The maximum absolute atomic E-state index is 12.3. The van der Waals surface area contributed by atoms with Crippen LogP contribution in [0.25, 0.3) is 15.9 Å². The van der Waals surface area contributed by atoms with E-state index < -0.39 is 5.97 Å². The molecular weight excluding hydrogens is 350 g/mol. The molecule has 0 saturated heterocycles. The molecule has 2 aromatic heterocycles. The first-order valence-electron chi connectivity index (χ1n) is 8.27. The van der Waals surface area contributed by atoms with Gasteiger partial charge in [-0.1, -0.05) is 18.2 Å². The predicted molar refractivity (Wildman–Crippen MR) is 102 cm³/mol. The molecular formula is C19H21N3O3S. The van der Waals surface area contributed by atoms with Gasteiger partial charge >= 0.3 is 5.97 Å². The predicted octanol–water partition coefficient (Wildman–Crippen LogP) is 3.47. The van der Waals surface area contributed by atoms with Gasteiger partial charge in [0.05, 0.1) is 11.4 Å². The number of hydrogen-bond acceptors (Lipinski definition) is 5. The summed E-state index contributed by atoms with van der Waals surface area (Å²) in [7, 11) is 0. The number of esters is 1. The maximum atomic E-state index is 12.3. The molecule has 1 aromatic carbocycles. The number of amides is 1. The molecule has 6 nitrogen and oxygen atoms in total. The molecule has 2 heterocycles. The second-order valence-electron chi connectivity index (χ2n) is 7.04. The highest BCUT2D eigenvalue weighted by Gasteiger charge is 2.20. The van der Waals surface area contributed by atoms with E-state index >= 15 is 0 Å². The van der Waals surface area contributed by atoms with Crippen molar-refractivity contribution in [1.29, 1.82) is 0 Å². The highest BCUT2D eigenvalue weighted by Crippen LogP contribution is 2.30. The Balaban J connectivity index is 1.79. The van der Waals surface area contributed by atoms with Crippen LogP contribution in [0.2, 0.25) is 0 Å². The Hall–Kier alpha value is -2.67. The highest BCUT2D eigenvalue weighted by molar-refractivity contribution is 7.20. The smallest absolute Gasteiger partial charge is 0.348 e. The van der Waals surface area contributed by atoms with Gasteiger partial charge in [-0.05, 0) is 45.9 Å². The van der Waals surface area contributed by atoms with Crippen LogP contribution < -0.4 is 5.32 Å². The van der Waals surface area contributed by atoms with E-state index in [0.717, 1.165) is 21.6 Å². The SMILES string of the molecule is Cc1nn(-c2ccccc2)c2sc(C(=O)OCC(=O)NC(C)(C)C)cc12. The van der Waals surface area contributed by atoms with Crippen LogP contribution >= 0.6 is 11.3 Å². The van der Waals surface area contributed by atoms with E-state index in [4.69, 9.17) is 4.74 Å². The minimum Gasteiger partial charge on any atom is -0.451 e. The average Bonchev–Trinajstić information content (AvgIpc) is 3.13. The van der Waals surface area contributed by atoms with Crippen molar-refractivity contribution in [2.75, 3.05) is 6.61 Å². The zero-order chi connectivity index (χ0) is 18.9. The quantitative estimate of drug-likeness (QED) is 0.713. The van der Waals surface area contributed by atoms with Gasteiger partial charge < -0.3 is 10.1 Å². The number of nitrogens with one attached hydrogen (secondary N) is 1. The number of para-hydroxylation sites is 1. The molecule has 7 heteroatoms. The third-order valence-corrected chi connectivity index (χ3v) is 4.69. The van der Waals surface area contributed by atoms with E-state index in [1.54, 1.807) is 6.07 Å². The lowest BCUT2D eigenvalue weighted by atomic mass is 10.1. The van der Waals surface area contributed by atoms with E-state index in [-0.39, 0.29) is 18.1 Å². The fourth-order valence-electron chi connectivity index (χ4n) is 2.55. The van der Waals surface area contributed by atoms with Gasteiger partial charge in [0, 0.05) is 10.9 Å². The number of aryl methyl sites for hydroxylation is 1. The molecule has 0 fully saturated rings. The Morgan fingerprint density at radius 1 is 1.23 bits per heavy atom. The third kappa shape index (κ3) is 3.94. The second-order valence-corrected chi connectivity index (χ2v) is 8.07. The van der Waals surface area contributed by atoms with Crippen molar-refractivity contribution in [3.05, 3.63) is 47.0 Å². The van der Waals surface area contributed by atoms with Gasteiger partial charge in [0.2, 0.25) is 0 Å². The number of carbonyl (C=O) groups excluding carboxylic acids is 2. The van der Waals surface area contributed by atoms with Gasteiger partial charge in [0.25, 0.3) is 5.91 Å². The second kappa shape index (κ2) is 6.92. The van der Waals surface area contributed by atoms with Gasteiger partial charge in [-0.25, -0.2) is 9.48 Å². The summed E-state index contributed by atoms with van der Waals surface area (Å²) in [5, 5.41) is 8.21. The summed E-state index contributed by atoms with van der Waals surface area (Å²) in [5.74, 6) is -0.826. The van der Waals surface area contributed by atoms with Gasteiger partial charge in [0.1, 0.15) is 9.71 Å². The summed E-state index contributed by atoms with van der Waals surface area (Å²) in [6.07, 6.45) is 0. The molecule has 3 rings (SSSR count). The molecule has 1 amide bonds. The first-order valence-corrected chi connectivity index (χ1v) is 9.09. The highest BCUT2D eigenvalue weighted by atomic mass is 32.1. The average molecular weight is 371 g/mol. The van der Waals surface area contributed by atoms with Crippen molar-refractivity contribution < 1.29 is 14.3 Å². The van der Waals surface area contributed by atoms with Crippen molar-refractivity contribution in [2.24, 2.45) is 0 Å². The lowest BCUT2D eigenvalue weighted by Gasteiger charge is -2.20. The summed E-state index contributed by atoms with van der Waals surface area (Å²) < 4.78 is 6.97. The number of fused-ring (bicyclic) bond motifs is 1. The third-order valence-electron chi connectivity index (χ3n) is 3.60. The molecule has 0 aliphatic heterocycles. The Morgan fingerprint density at radius 2 is 1.92 bits per heavy atom. The van der Waals surface area contributed by atoms with Crippen molar-refractivity contribution in [3.63, 3.8) is 0 Å². The number of ether oxygens (including phenoxy) is 1. The number of thiophene rings is 1. The fourth-order valence-corrected chi connectivity index (χ4v) is 3.63. The molecule has 3 aromatic rings. The van der Waals surface area contributed by atoms with E-state index in [0.29, 0.717) is 4.88 Å². The van der Waals surface area contributed by atoms with Crippen molar-refractivity contribution in [2.45, 2.75) is 33.2 Å². The van der Waals surface area contributed by atoms with Crippen LogP contribution in [0.1, 0.15) is 36.1 Å². The summed E-state index contributed by atoms with van der Waals surface area (Å²) in [6, 6.07) is 11.5. The lowest BCUT2D eigenvalue weighted by Crippen LogP contribution is -2.42. The van der Waals surface area contributed by atoms with Gasteiger partial charge in [-0.3, -0.25) is 4.79 Å². The Labute approximate surface area is 155 Å². The monoisotopic (exact) mass is 371 g/mol. The standard InChI is InChI=1S/C19H21N3O3S/c1-12-14-10-15(18(24)25-11-16(23)20-19(2,3)4)26-17(14)22(21-12)13-8-6-5-7-9-13/h5-10H,11H2,1-4H3,(H,20,23). The first kappa shape index (κ1) is 18.1. The van der Waals surface area contributed by atoms with E-state index in [1.165, 1.54) is 11.3 Å². The number of nitrogens with zero attached hydrogens (tertiary/aromatic N) is 2. The molecule has 0 unspecified atom stereocenters. The molecule has 26 heavy (non-hydrogen) atoms. The van der Waals surface area contributed by atoms with Gasteiger partial charge in [-0.2, -0.15) is 5.10 Å². The molecule has 0 spiro atoms. The van der Waals surface area contributed by atoms with Gasteiger partial charge in [-0.15, -0.1) is 11.3 Å². The summed E-state index contributed by atoms with van der Waals surface area (Å²) in [4.78, 5) is 25.5. The van der Waals surface area contributed by atoms with Crippen LogP contribution in [-0.4, -0.2) is 33.8 Å². The first-order chi connectivity index (χ1) is 12.2. The topological polar surface area (TPSA) is 73.2 Å². The summed E-state index contributed by atoms with van der Waals surface area (Å²) >= 11 is 1.31. The largest absolute Gasteiger partial charge is 0.451 e. The van der Waals surface area contributed by atoms with Crippen LogP contribution in [0.15, 0.2) is 36.4 Å². The van der Waals surface area contributed by atoms with Crippen LogP contribution in [0.4, 0.5) is 0 Å². The number of rotatable bonds is 4. The molecule has 0 aliphatic rings.